The van der Waals surface area contributed by atoms with E-state index in [1.165, 1.54) is 0 Å². The lowest BCUT2D eigenvalue weighted by Gasteiger charge is -2.20. The number of rotatable bonds is 4. The van der Waals surface area contributed by atoms with Gasteiger partial charge in [-0.1, -0.05) is 0 Å². The van der Waals surface area contributed by atoms with Crippen LogP contribution in [-0.4, -0.2) is 32.0 Å². The van der Waals surface area contributed by atoms with Gasteiger partial charge in [-0.2, -0.15) is 0 Å². The number of ketones is 1. The highest BCUT2D eigenvalue weighted by molar-refractivity contribution is 5.91. The van der Waals surface area contributed by atoms with Gasteiger partial charge in [-0.05, 0) is 30.7 Å². The van der Waals surface area contributed by atoms with E-state index in [0.29, 0.717) is 6.61 Å². The number of fused-ring (bicyclic) bond motifs is 1. The maximum Gasteiger partial charge on any atom is 0.169 e. The second kappa shape index (κ2) is 4.75. The molecule has 0 aromatic heterocycles. The topological polar surface area (TPSA) is 55.6 Å². The fourth-order valence-electron chi connectivity index (χ4n) is 2.30. The van der Waals surface area contributed by atoms with Crippen molar-refractivity contribution in [2.45, 2.75) is 19.4 Å². The maximum atomic E-state index is 11.7. The zero-order valence-corrected chi connectivity index (χ0v) is 10.3. The molecule has 1 aromatic carbocycles. The number of hydrogen-bond acceptors (Lipinski definition) is 4. The Labute approximate surface area is 101 Å². The van der Waals surface area contributed by atoms with E-state index in [2.05, 4.69) is 0 Å². The van der Waals surface area contributed by atoms with E-state index in [9.17, 15) is 4.79 Å². The summed E-state index contributed by atoms with van der Waals surface area (Å²) in [4.78, 5) is 13.7. The SMILES string of the molecule is CCOc1ccc2c(c1)CC(C(=O)CN)N2C. The lowest BCUT2D eigenvalue weighted by atomic mass is 10.1. The third-order valence-electron chi connectivity index (χ3n) is 3.20. The molecule has 1 heterocycles. The van der Waals surface area contributed by atoms with Crippen molar-refractivity contribution >= 4 is 11.5 Å². The van der Waals surface area contributed by atoms with E-state index in [0.717, 1.165) is 23.4 Å². The molecule has 0 radical (unpaired) electrons. The molecule has 4 nitrogen and oxygen atoms in total. The van der Waals surface area contributed by atoms with E-state index >= 15 is 0 Å². The first-order valence-electron chi connectivity index (χ1n) is 5.88. The van der Waals surface area contributed by atoms with Crippen LogP contribution in [0.2, 0.25) is 0 Å². The molecule has 2 N–H and O–H groups in total. The van der Waals surface area contributed by atoms with E-state index in [1.807, 2.05) is 37.1 Å². The lowest BCUT2D eigenvalue weighted by molar-refractivity contribution is -0.118. The maximum absolute atomic E-state index is 11.7. The minimum absolute atomic E-state index is 0.0849. The van der Waals surface area contributed by atoms with Crippen LogP contribution in [0.3, 0.4) is 0 Å². The van der Waals surface area contributed by atoms with Crippen LogP contribution in [0.1, 0.15) is 12.5 Å². The van der Waals surface area contributed by atoms with Crippen LogP contribution < -0.4 is 15.4 Å². The first kappa shape index (κ1) is 11.9. The second-order valence-electron chi connectivity index (χ2n) is 4.22. The van der Waals surface area contributed by atoms with Gasteiger partial charge in [0.05, 0.1) is 19.2 Å². The van der Waals surface area contributed by atoms with Gasteiger partial charge >= 0.3 is 0 Å². The van der Waals surface area contributed by atoms with Crippen LogP contribution in [0.5, 0.6) is 5.75 Å². The number of likely N-dealkylation sites (N-methyl/N-ethyl adjacent to an activating group) is 1. The summed E-state index contributed by atoms with van der Waals surface area (Å²) >= 11 is 0. The number of benzene rings is 1. The highest BCUT2D eigenvalue weighted by Crippen LogP contribution is 2.33. The monoisotopic (exact) mass is 234 g/mol. The van der Waals surface area contributed by atoms with Gasteiger partial charge in [0.2, 0.25) is 0 Å². The van der Waals surface area contributed by atoms with Crippen LogP contribution in [-0.2, 0) is 11.2 Å². The van der Waals surface area contributed by atoms with Gasteiger partial charge in [0.1, 0.15) is 5.75 Å². The Kier molecular flexibility index (Phi) is 3.33. The van der Waals surface area contributed by atoms with Crippen LogP contribution >= 0.6 is 0 Å². The molecule has 0 amide bonds. The second-order valence-corrected chi connectivity index (χ2v) is 4.22. The molecule has 0 fully saturated rings. The smallest absolute Gasteiger partial charge is 0.169 e. The first-order valence-corrected chi connectivity index (χ1v) is 5.88. The third-order valence-corrected chi connectivity index (χ3v) is 3.20. The minimum Gasteiger partial charge on any atom is -0.494 e. The highest BCUT2D eigenvalue weighted by atomic mass is 16.5. The van der Waals surface area contributed by atoms with Gasteiger partial charge in [-0.3, -0.25) is 4.79 Å². The molecule has 92 valence electrons. The number of nitrogens with two attached hydrogens (primary N) is 1. The molecule has 1 aliphatic heterocycles. The zero-order chi connectivity index (χ0) is 12.4. The summed E-state index contributed by atoms with van der Waals surface area (Å²) in [5.74, 6) is 0.946. The summed E-state index contributed by atoms with van der Waals surface area (Å²) in [6.45, 7) is 2.71. The van der Waals surface area contributed by atoms with Crippen molar-refractivity contribution in [1.82, 2.24) is 0 Å². The molecule has 17 heavy (non-hydrogen) atoms. The number of nitrogens with zero attached hydrogens (tertiary/aromatic N) is 1. The molecule has 1 unspecified atom stereocenters. The summed E-state index contributed by atoms with van der Waals surface area (Å²) in [6, 6.07) is 5.84. The molecule has 0 bridgehead atoms. The van der Waals surface area contributed by atoms with Crippen LogP contribution in [0.15, 0.2) is 18.2 Å². The average molecular weight is 234 g/mol. The molecule has 0 saturated heterocycles. The molecule has 0 aliphatic carbocycles. The summed E-state index contributed by atoms with van der Waals surface area (Å²) < 4.78 is 5.46. The van der Waals surface area contributed by atoms with Crippen molar-refractivity contribution in [3.05, 3.63) is 23.8 Å². The average Bonchev–Trinajstić information content (AvgIpc) is 2.66. The number of ether oxygens (including phenoxy) is 1. The third kappa shape index (κ3) is 2.13. The predicted octanol–water partition coefficient (Wildman–Crippen LogP) is 0.974. The number of hydrogen-bond donors (Lipinski definition) is 1. The van der Waals surface area contributed by atoms with Gasteiger partial charge in [-0.15, -0.1) is 0 Å². The van der Waals surface area contributed by atoms with Gasteiger partial charge in [0, 0.05) is 19.2 Å². The van der Waals surface area contributed by atoms with Gasteiger partial charge in [0.15, 0.2) is 5.78 Å². The Bertz CT molecular complexity index is 431. The Morgan fingerprint density at radius 2 is 2.35 bits per heavy atom. The Balaban J connectivity index is 2.25. The van der Waals surface area contributed by atoms with Crippen molar-refractivity contribution in [1.29, 1.82) is 0 Å². The van der Waals surface area contributed by atoms with Crippen LogP contribution in [0.25, 0.3) is 0 Å². The van der Waals surface area contributed by atoms with E-state index in [4.69, 9.17) is 10.5 Å². The van der Waals surface area contributed by atoms with E-state index in [-0.39, 0.29) is 18.4 Å². The predicted molar refractivity (Wildman–Crippen MR) is 67.6 cm³/mol. The summed E-state index contributed by atoms with van der Waals surface area (Å²) in [5, 5.41) is 0. The van der Waals surface area contributed by atoms with Crippen LogP contribution in [0, 0.1) is 0 Å². The zero-order valence-electron chi connectivity index (χ0n) is 10.3. The number of carbonyl (C=O) groups excluding carboxylic acids is 1. The van der Waals surface area contributed by atoms with Crippen molar-refractivity contribution in [2.75, 3.05) is 25.1 Å². The summed E-state index contributed by atoms with van der Waals surface area (Å²) in [7, 11) is 1.93. The molecule has 0 saturated carbocycles. The first-order chi connectivity index (χ1) is 8.17. The van der Waals surface area contributed by atoms with Crippen molar-refractivity contribution in [3.8, 4) is 5.75 Å². The Morgan fingerprint density at radius 1 is 1.59 bits per heavy atom. The normalized spacial score (nSPS) is 18.1. The highest BCUT2D eigenvalue weighted by Gasteiger charge is 2.31. The fourth-order valence-corrected chi connectivity index (χ4v) is 2.30. The minimum atomic E-state index is -0.119. The molecular weight excluding hydrogens is 216 g/mol. The quantitative estimate of drug-likeness (QED) is 0.843. The van der Waals surface area contributed by atoms with Crippen molar-refractivity contribution < 1.29 is 9.53 Å². The number of Topliss-reactive ketones (excluding diaryl/α,β-unsaturated/α-hetero) is 1. The van der Waals surface area contributed by atoms with Gasteiger partial charge < -0.3 is 15.4 Å². The lowest BCUT2D eigenvalue weighted by Crippen LogP contribution is -2.39. The summed E-state index contributed by atoms with van der Waals surface area (Å²) in [5.41, 5.74) is 7.68. The molecule has 0 spiro atoms. The van der Waals surface area contributed by atoms with E-state index in [1.54, 1.807) is 0 Å². The Morgan fingerprint density at radius 3 is 3.00 bits per heavy atom. The molecular formula is C13H18N2O2. The van der Waals surface area contributed by atoms with Crippen molar-refractivity contribution in [3.63, 3.8) is 0 Å². The molecule has 1 aromatic rings. The van der Waals surface area contributed by atoms with E-state index < -0.39 is 0 Å². The van der Waals surface area contributed by atoms with Crippen LogP contribution in [0.4, 0.5) is 5.69 Å². The van der Waals surface area contributed by atoms with Gasteiger partial charge in [-0.25, -0.2) is 0 Å². The number of anilines is 1. The van der Waals surface area contributed by atoms with Crippen molar-refractivity contribution in [2.24, 2.45) is 5.73 Å². The Hall–Kier alpha value is -1.55. The largest absolute Gasteiger partial charge is 0.494 e. The molecule has 1 aliphatic rings. The molecule has 2 rings (SSSR count). The standard InChI is InChI=1S/C13H18N2O2/c1-3-17-10-4-5-11-9(6-10)7-12(15(11)2)13(16)8-14/h4-6,12H,3,7-8,14H2,1-2H3. The summed E-state index contributed by atoms with van der Waals surface area (Å²) in [6.07, 6.45) is 0.725. The van der Waals surface area contributed by atoms with Gasteiger partial charge in [0.25, 0.3) is 0 Å². The number of carbonyl (C=O) groups is 1. The molecule has 4 heteroatoms. The fraction of sp³-hybridized carbons (Fsp3) is 0.462. The molecule has 1 atom stereocenters.